The Morgan fingerprint density at radius 2 is 2.25 bits per heavy atom. The van der Waals surface area contributed by atoms with Crippen LogP contribution in [0, 0.1) is 6.92 Å². The fraction of sp³-hybridized carbons (Fsp3) is 0.417. The molecule has 1 N–H and O–H groups in total. The molecule has 1 unspecified atom stereocenters. The first-order valence-electron chi connectivity index (χ1n) is 5.17. The van der Waals surface area contributed by atoms with Gasteiger partial charge < -0.3 is 14.6 Å². The molecule has 0 saturated heterocycles. The summed E-state index contributed by atoms with van der Waals surface area (Å²) >= 11 is 0. The van der Waals surface area contributed by atoms with Gasteiger partial charge in [-0.25, -0.2) is 0 Å². The molecule has 0 saturated carbocycles. The molecule has 16 heavy (non-hydrogen) atoms. The van der Waals surface area contributed by atoms with E-state index in [-0.39, 0.29) is 6.79 Å². The van der Waals surface area contributed by atoms with Crippen LogP contribution in [0.5, 0.6) is 5.75 Å². The van der Waals surface area contributed by atoms with Crippen molar-refractivity contribution >= 4 is 5.97 Å². The fourth-order valence-electron chi connectivity index (χ4n) is 1.81. The molecular weight excluding hydrogens is 208 g/mol. The minimum atomic E-state index is -0.846. The Hall–Kier alpha value is -1.55. The van der Waals surface area contributed by atoms with Gasteiger partial charge in [0.1, 0.15) is 5.75 Å². The lowest BCUT2D eigenvalue weighted by molar-refractivity contribution is -0.138. The maximum Gasteiger partial charge on any atom is 0.310 e. The second kappa shape index (κ2) is 4.14. The smallest absolute Gasteiger partial charge is 0.310 e. The normalized spacial score (nSPS) is 16.1. The summed E-state index contributed by atoms with van der Waals surface area (Å²) in [5.41, 5.74) is 2.74. The quantitative estimate of drug-likeness (QED) is 0.832. The summed E-state index contributed by atoms with van der Waals surface area (Å²) in [6.45, 7) is 4.30. The van der Waals surface area contributed by atoms with Crippen molar-refractivity contribution in [3.05, 3.63) is 28.8 Å². The van der Waals surface area contributed by atoms with Gasteiger partial charge in [0, 0.05) is 11.1 Å². The Labute approximate surface area is 93.8 Å². The van der Waals surface area contributed by atoms with E-state index in [0.717, 1.165) is 16.7 Å². The van der Waals surface area contributed by atoms with Gasteiger partial charge in [0.2, 0.25) is 0 Å². The molecule has 1 atom stereocenters. The lowest BCUT2D eigenvalue weighted by Crippen LogP contribution is -2.17. The van der Waals surface area contributed by atoms with Gasteiger partial charge in [-0.2, -0.15) is 0 Å². The molecule has 1 aromatic rings. The number of carboxylic acids is 1. The van der Waals surface area contributed by atoms with Gasteiger partial charge in [0.05, 0.1) is 12.5 Å². The van der Waals surface area contributed by atoms with E-state index in [1.807, 2.05) is 19.1 Å². The highest BCUT2D eigenvalue weighted by molar-refractivity contribution is 5.77. The number of ether oxygens (including phenoxy) is 2. The Morgan fingerprint density at radius 3 is 2.94 bits per heavy atom. The minimum absolute atomic E-state index is 0.190. The largest absolute Gasteiger partial charge is 0.481 e. The number of aliphatic carboxylic acids is 1. The van der Waals surface area contributed by atoms with Crippen molar-refractivity contribution in [2.24, 2.45) is 0 Å². The first-order chi connectivity index (χ1) is 7.61. The first kappa shape index (κ1) is 11.0. The van der Waals surface area contributed by atoms with E-state index in [1.165, 1.54) is 0 Å². The summed E-state index contributed by atoms with van der Waals surface area (Å²) in [5, 5.41) is 9.02. The summed E-state index contributed by atoms with van der Waals surface area (Å²) in [7, 11) is 0. The molecule has 1 aliphatic heterocycles. The second-order valence-electron chi connectivity index (χ2n) is 3.95. The topological polar surface area (TPSA) is 55.8 Å². The zero-order chi connectivity index (χ0) is 11.7. The molecule has 1 aromatic carbocycles. The van der Waals surface area contributed by atoms with Gasteiger partial charge >= 0.3 is 5.97 Å². The number of hydrogen-bond acceptors (Lipinski definition) is 3. The average molecular weight is 222 g/mol. The monoisotopic (exact) mass is 222 g/mol. The molecular formula is C12H14O4. The minimum Gasteiger partial charge on any atom is -0.481 e. The van der Waals surface area contributed by atoms with E-state index in [1.54, 1.807) is 6.92 Å². The lowest BCUT2D eigenvalue weighted by Gasteiger charge is -2.23. The highest BCUT2D eigenvalue weighted by Crippen LogP contribution is 2.35. The van der Waals surface area contributed by atoms with E-state index in [0.29, 0.717) is 12.4 Å². The molecule has 1 heterocycles. The fourth-order valence-corrected chi connectivity index (χ4v) is 1.81. The van der Waals surface area contributed by atoms with Crippen molar-refractivity contribution in [3.63, 3.8) is 0 Å². The van der Waals surface area contributed by atoms with Crippen LogP contribution in [0.25, 0.3) is 0 Å². The molecule has 0 bridgehead atoms. The van der Waals surface area contributed by atoms with Gasteiger partial charge in [0.25, 0.3) is 0 Å². The molecule has 4 nitrogen and oxygen atoms in total. The van der Waals surface area contributed by atoms with E-state index >= 15 is 0 Å². The van der Waals surface area contributed by atoms with Gasteiger partial charge in [0.15, 0.2) is 6.79 Å². The predicted octanol–water partition coefficient (Wildman–Crippen LogP) is 2.05. The van der Waals surface area contributed by atoms with Crippen molar-refractivity contribution in [1.29, 1.82) is 0 Å². The zero-order valence-electron chi connectivity index (χ0n) is 9.32. The number of carbonyl (C=O) groups is 1. The number of fused-ring (bicyclic) bond motifs is 1. The SMILES string of the molecule is Cc1ccc(C(C)C(=O)O)c2c1COCO2. The van der Waals surface area contributed by atoms with Crippen LogP contribution in [0.1, 0.15) is 29.5 Å². The third-order valence-electron chi connectivity index (χ3n) is 2.90. The van der Waals surface area contributed by atoms with Crippen molar-refractivity contribution in [3.8, 4) is 5.75 Å². The van der Waals surface area contributed by atoms with E-state index in [2.05, 4.69) is 0 Å². The van der Waals surface area contributed by atoms with Gasteiger partial charge in [-0.3, -0.25) is 4.79 Å². The van der Waals surface area contributed by atoms with Gasteiger partial charge in [-0.15, -0.1) is 0 Å². The van der Waals surface area contributed by atoms with Crippen LogP contribution in [0.2, 0.25) is 0 Å². The second-order valence-corrected chi connectivity index (χ2v) is 3.95. The summed E-state index contributed by atoms with van der Waals surface area (Å²) in [5.74, 6) is -0.727. The van der Waals surface area contributed by atoms with Crippen LogP contribution in [0.4, 0.5) is 0 Å². The van der Waals surface area contributed by atoms with Gasteiger partial charge in [-0.1, -0.05) is 12.1 Å². The van der Waals surface area contributed by atoms with Crippen LogP contribution >= 0.6 is 0 Å². The van der Waals surface area contributed by atoms with Crippen molar-refractivity contribution in [1.82, 2.24) is 0 Å². The lowest BCUT2D eigenvalue weighted by atomic mass is 9.95. The molecule has 0 aromatic heterocycles. The van der Waals surface area contributed by atoms with Crippen LogP contribution in [0.15, 0.2) is 12.1 Å². The molecule has 1 aliphatic rings. The molecule has 0 radical (unpaired) electrons. The number of aryl methyl sites for hydroxylation is 1. The average Bonchev–Trinajstić information content (AvgIpc) is 2.29. The van der Waals surface area contributed by atoms with Gasteiger partial charge in [-0.05, 0) is 19.4 Å². The number of rotatable bonds is 2. The maximum atomic E-state index is 11.0. The summed E-state index contributed by atoms with van der Waals surface area (Å²) < 4.78 is 10.6. The van der Waals surface area contributed by atoms with Crippen molar-refractivity contribution in [2.45, 2.75) is 26.4 Å². The Bertz CT molecular complexity index is 425. The van der Waals surface area contributed by atoms with Crippen LogP contribution in [-0.2, 0) is 16.1 Å². The summed E-state index contributed by atoms with van der Waals surface area (Å²) in [6.07, 6.45) is 0. The highest BCUT2D eigenvalue weighted by atomic mass is 16.7. The molecule has 0 fully saturated rings. The molecule has 0 aliphatic carbocycles. The number of hydrogen-bond donors (Lipinski definition) is 1. The molecule has 0 amide bonds. The van der Waals surface area contributed by atoms with E-state index < -0.39 is 11.9 Å². The number of benzene rings is 1. The standard InChI is InChI=1S/C12H14O4/c1-7-3-4-9(8(2)12(13)14)11-10(7)5-15-6-16-11/h3-4,8H,5-6H2,1-2H3,(H,13,14). The maximum absolute atomic E-state index is 11.0. The zero-order valence-corrected chi connectivity index (χ0v) is 9.32. The molecule has 0 spiro atoms. The first-order valence-corrected chi connectivity index (χ1v) is 5.17. The van der Waals surface area contributed by atoms with Crippen molar-refractivity contribution < 1.29 is 19.4 Å². The van der Waals surface area contributed by atoms with E-state index in [9.17, 15) is 4.79 Å². The highest BCUT2D eigenvalue weighted by Gasteiger charge is 2.23. The Morgan fingerprint density at radius 1 is 1.50 bits per heavy atom. The van der Waals surface area contributed by atoms with Crippen LogP contribution in [0.3, 0.4) is 0 Å². The van der Waals surface area contributed by atoms with E-state index in [4.69, 9.17) is 14.6 Å². The molecule has 2 rings (SSSR count). The molecule has 86 valence electrons. The van der Waals surface area contributed by atoms with Crippen molar-refractivity contribution in [2.75, 3.05) is 6.79 Å². The van der Waals surface area contributed by atoms with Crippen LogP contribution < -0.4 is 4.74 Å². The Balaban J connectivity index is 2.50. The van der Waals surface area contributed by atoms with Crippen LogP contribution in [-0.4, -0.2) is 17.9 Å². The summed E-state index contributed by atoms with van der Waals surface area (Å²) in [6, 6.07) is 3.73. The summed E-state index contributed by atoms with van der Waals surface area (Å²) in [4.78, 5) is 11.0. The molecule has 4 heteroatoms. The third-order valence-corrected chi connectivity index (χ3v) is 2.90. The number of carboxylic acid groups (broad SMARTS) is 1. The third kappa shape index (κ3) is 1.76. The Kier molecular flexibility index (Phi) is 2.83. The predicted molar refractivity (Wildman–Crippen MR) is 57.5 cm³/mol.